The van der Waals surface area contributed by atoms with Gasteiger partial charge >= 0.3 is 5.97 Å². The number of aromatic nitrogens is 3. The first-order chi connectivity index (χ1) is 12.3. The van der Waals surface area contributed by atoms with Gasteiger partial charge in [0.05, 0.1) is 12.2 Å². The molecule has 3 aromatic rings. The lowest BCUT2D eigenvalue weighted by Gasteiger charge is -2.07. The molecule has 0 aliphatic heterocycles. The van der Waals surface area contributed by atoms with Crippen LogP contribution in [0.3, 0.4) is 0 Å². The minimum atomic E-state index is -0.488. The maximum Gasteiger partial charge on any atom is 0.360 e. The van der Waals surface area contributed by atoms with Crippen molar-refractivity contribution in [2.75, 3.05) is 18.5 Å². The summed E-state index contributed by atoms with van der Waals surface area (Å²) in [4.78, 5) is 15.8. The average molecular weight is 338 g/mol. The molecule has 0 spiro atoms. The Kier molecular flexibility index (Phi) is 5.36. The third kappa shape index (κ3) is 4.20. The molecule has 7 heteroatoms. The highest BCUT2D eigenvalue weighted by molar-refractivity contribution is 5.88. The van der Waals surface area contributed by atoms with Gasteiger partial charge in [0, 0.05) is 12.0 Å². The topological polar surface area (TPSA) is 90.1 Å². The number of anilines is 1. The van der Waals surface area contributed by atoms with Crippen molar-refractivity contribution in [1.29, 1.82) is 0 Å². The summed E-state index contributed by atoms with van der Waals surface area (Å²) in [6.45, 7) is 2.50. The van der Waals surface area contributed by atoms with Gasteiger partial charge in [0.1, 0.15) is 18.2 Å². The summed E-state index contributed by atoms with van der Waals surface area (Å²) in [6.07, 6.45) is 1.84. The van der Waals surface area contributed by atoms with Crippen molar-refractivity contribution in [2.24, 2.45) is 0 Å². The molecule has 0 saturated carbocycles. The van der Waals surface area contributed by atoms with Crippen molar-refractivity contribution in [3.05, 3.63) is 60.3 Å². The van der Waals surface area contributed by atoms with Crippen LogP contribution in [0, 0.1) is 0 Å². The van der Waals surface area contributed by atoms with E-state index in [1.165, 1.54) is 6.39 Å². The van der Waals surface area contributed by atoms with E-state index in [0.717, 1.165) is 11.3 Å². The van der Waals surface area contributed by atoms with Gasteiger partial charge in [-0.25, -0.2) is 9.78 Å². The minimum absolute atomic E-state index is 0.191. The van der Waals surface area contributed by atoms with Gasteiger partial charge in [-0.1, -0.05) is 37.3 Å². The van der Waals surface area contributed by atoms with Gasteiger partial charge in [0.25, 0.3) is 0 Å². The van der Waals surface area contributed by atoms with E-state index in [4.69, 9.17) is 9.15 Å². The monoisotopic (exact) mass is 338 g/mol. The molecule has 2 heterocycles. The Balaban J connectivity index is 1.47. The first-order valence-corrected chi connectivity index (χ1v) is 8.00. The first-order valence-electron chi connectivity index (χ1n) is 8.00. The number of benzene rings is 1. The van der Waals surface area contributed by atoms with E-state index in [9.17, 15) is 4.79 Å². The summed E-state index contributed by atoms with van der Waals surface area (Å²) in [6, 6.07) is 13.5. The number of nitrogens with zero attached hydrogens (tertiary/aromatic N) is 3. The Bertz CT molecular complexity index is 816. The van der Waals surface area contributed by atoms with Gasteiger partial charge in [0.2, 0.25) is 0 Å². The zero-order valence-electron chi connectivity index (χ0n) is 13.8. The number of esters is 1. The lowest BCUT2D eigenvalue weighted by atomic mass is 10.1. The minimum Gasteiger partial charge on any atom is -0.459 e. The molecule has 1 aromatic carbocycles. The maximum absolute atomic E-state index is 11.9. The van der Waals surface area contributed by atoms with Crippen LogP contribution in [-0.4, -0.2) is 34.3 Å². The van der Waals surface area contributed by atoms with Gasteiger partial charge in [-0.2, -0.15) is 0 Å². The van der Waals surface area contributed by atoms with Crippen LogP contribution < -0.4 is 5.32 Å². The first kappa shape index (κ1) is 16.6. The van der Waals surface area contributed by atoms with Gasteiger partial charge < -0.3 is 14.5 Å². The standard InChI is InChI=1S/C18H18N4O3/c1-2-15-17(20-12-25-15)18(23)24-11-10-19-16-9-8-14(21-22-16)13-6-4-3-5-7-13/h3-9,12H,2,10-11H2,1H3,(H,19,22). The van der Waals surface area contributed by atoms with Crippen molar-refractivity contribution in [3.8, 4) is 11.3 Å². The molecule has 0 radical (unpaired) electrons. The average Bonchev–Trinajstić information content (AvgIpc) is 3.15. The summed E-state index contributed by atoms with van der Waals surface area (Å²) in [5.74, 6) is 0.657. The molecule has 1 N–H and O–H groups in total. The van der Waals surface area contributed by atoms with Crippen molar-refractivity contribution in [2.45, 2.75) is 13.3 Å². The number of rotatable bonds is 7. The number of hydrogen-bond donors (Lipinski definition) is 1. The predicted molar refractivity (Wildman–Crippen MR) is 92.1 cm³/mol. The quantitative estimate of drug-likeness (QED) is 0.523. The Morgan fingerprint density at radius 3 is 2.72 bits per heavy atom. The van der Waals surface area contributed by atoms with E-state index in [0.29, 0.717) is 24.5 Å². The SMILES string of the molecule is CCc1ocnc1C(=O)OCCNc1ccc(-c2ccccc2)nn1. The van der Waals surface area contributed by atoms with Gasteiger partial charge in [-0.3, -0.25) is 0 Å². The second-order valence-electron chi connectivity index (χ2n) is 5.21. The lowest BCUT2D eigenvalue weighted by molar-refractivity contribution is 0.0512. The Hall–Kier alpha value is -3.22. The highest BCUT2D eigenvalue weighted by Gasteiger charge is 2.16. The molecule has 25 heavy (non-hydrogen) atoms. The molecule has 2 aromatic heterocycles. The van der Waals surface area contributed by atoms with E-state index in [2.05, 4.69) is 20.5 Å². The highest BCUT2D eigenvalue weighted by Crippen LogP contribution is 2.16. The van der Waals surface area contributed by atoms with E-state index in [1.807, 2.05) is 49.4 Å². The maximum atomic E-state index is 11.9. The Morgan fingerprint density at radius 2 is 2.00 bits per heavy atom. The highest BCUT2D eigenvalue weighted by atomic mass is 16.5. The van der Waals surface area contributed by atoms with E-state index >= 15 is 0 Å². The largest absolute Gasteiger partial charge is 0.459 e. The number of ether oxygens (including phenoxy) is 1. The third-order valence-corrected chi connectivity index (χ3v) is 3.53. The fourth-order valence-electron chi connectivity index (χ4n) is 2.27. The van der Waals surface area contributed by atoms with Crippen molar-refractivity contribution in [1.82, 2.24) is 15.2 Å². The van der Waals surface area contributed by atoms with Gasteiger partial charge in [-0.05, 0) is 12.1 Å². The van der Waals surface area contributed by atoms with Crippen LogP contribution in [0.5, 0.6) is 0 Å². The van der Waals surface area contributed by atoms with Crippen LogP contribution in [-0.2, 0) is 11.2 Å². The second kappa shape index (κ2) is 8.05. The van der Waals surface area contributed by atoms with Crippen molar-refractivity contribution < 1.29 is 13.9 Å². The molecule has 0 unspecified atom stereocenters. The molecular formula is C18H18N4O3. The number of carbonyl (C=O) groups excluding carboxylic acids is 1. The lowest BCUT2D eigenvalue weighted by Crippen LogP contribution is -2.15. The molecule has 128 valence electrons. The summed E-state index contributed by atoms with van der Waals surface area (Å²) < 4.78 is 10.3. The summed E-state index contributed by atoms with van der Waals surface area (Å²) in [5, 5.41) is 11.4. The molecule has 3 rings (SSSR count). The second-order valence-corrected chi connectivity index (χ2v) is 5.21. The summed E-state index contributed by atoms with van der Waals surface area (Å²) in [7, 11) is 0. The number of nitrogens with one attached hydrogen (secondary N) is 1. The fraction of sp³-hybridized carbons (Fsp3) is 0.222. The van der Waals surface area contributed by atoms with Gasteiger partial charge in [0.15, 0.2) is 12.1 Å². The number of hydrogen-bond acceptors (Lipinski definition) is 7. The number of oxazole rings is 1. The molecule has 0 fully saturated rings. The molecule has 0 aliphatic carbocycles. The Labute approximate surface area is 145 Å². The van der Waals surface area contributed by atoms with Crippen LogP contribution in [0.15, 0.2) is 53.3 Å². The van der Waals surface area contributed by atoms with E-state index in [1.54, 1.807) is 0 Å². The number of carbonyl (C=O) groups is 1. The molecule has 0 aliphatic rings. The third-order valence-electron chi connectivity index (χ3n) is 3.53. The molecular weight excluding hydrogens is 320 g/mol. The van der Waals surface area contributed by atoms with Crippen LogP contribution in [0.25, 0.3) is 11.3 Å². The van der Waals surface area contributed by atoms with Crippen LogP contribution in [0.4, 0.5) is 5.82 Å². The molecule has 0 bridgehead atoms. The smallest absolute Gasteiger partial charge is 0.360 e. The zero-order chi connectivity index (χ0) is 17.5. The summed E-state index contributed by atoms with van der Waals surface area (Å²) >= 11 is 0. The van der Waals surface area contributed by atoms with E-state index < -0.39 is 5.97 Å². The van der Waals surface area contributed by atoms with Crippen molar-refractivity contribution in [3.63, 3.8) is 0 Å². The van der Waals surface area contributed by atoms with Crippen LogP contribution in [0.2, 0.25) is 0 Å². The Morgan fingerprint density at radius 1 is 1.16 bits per heavy atom. The van der Waals surface area contributed by atoms with Crippen LogP contribution in [0.1, 0.15) is 23.2 Å². The molecule has 0 amide bonds. The number of aryl methyl sites for hydroxylation is 1. The summed E-state index contributed by atoms with van der Waals surface area (Å²) in [5.41, 5.74) is 2.04. The molecule has 0 saturated heterocycles. The van der Waals surface area contributed by atoms with Gasteiger partial charge in [-0.15, -0.1) is 10.2 Å². The zero-order valence-corrected chi connectivity index (χ0v) is 13.8. The predicted octanol–water partition coefficient (Wildman–Crippen LogP) is 2.96. The van der Waals surface area contributed by atoms with Crippen molar-refractivity contribution >= 4 is 11.8 Å². The molecule has 0 atom stereocenters. The van der Waals surface area contributed by atoms with Crippen LogP contribution >= 0.6 is 0 Å². The molecule has 7 nitrogen and oxygen atoms in total. The fourth-order valence-corrected chi connectivity index (χ4v) is 2.27. The normalized spacial score (nSPS) is 10.4. The van der Waals surface area contributed by atoms with E-state index in [-0.39, 0.29) is 12.3 Å².